The van der Waals surface area contributed by atoms with Crippen molar-refractivity contribution in [2.75, 3.05) is 24.4 Å². The van der Waals surface area contributed by atoms with Crippen LogP contribution < -0.4 is 20.1 Å². The van der Waals surface area contributed by atoms with E-state index in [-0.39, 0.29) is 31.3 Å². The fraction of sp³-hybridized carbons (Fsp3) is 0.222. The van der Waals surface area contributed by atoms with E-state index in [0.29, 0.717) is 34.3 Å². The van der Waals surface area contributed by atoms with E-state index in [4.69, 9.17) is 19.0 Å². The van der Waals surface area contributed by atoms with Crippen LogP contribution in [0.5, 0.6) is 11.5 Å². The minimum Gasteiger partial charge on any atom is -0.493 e. The van der Waals surface area contributed by atoms with Crippen LogP contribution in [0.15, 0.2) is 71.1 Å². The number of hydrogen-bond acceptors (Lipinski definition) is 7. The molecule has 0 spiro atoms. The molecule has 0 fully saturated rings. The third-order valence-electron chi connectivity index (χ3n) is 5.34. The number of nitrogens with zero attached hydrogens (tertiary/aromatic N) is 1. The van der Waals surface area contributed by atoms with Gasteiger partial charge in [-0.15, -0.1) is 0 Å². The molecule has 0 aliphatic rings. The summed E-state index contributed by atoms with van der Waals surface area (Å²) in [6.07, 6.45) is 0.133. The number of methoxy groups -OCH3 is 1. The number of fused-ring (bicyclic) bond motifs is 1. The smallest absolute Gasteiger partial charge is 0.303 e. The number of rotatable bonds is 11. The first-order valence-corrected chi connectivity index (χ1v) is 11.4. The summed E-state index contributed by atoms with van der Waals surface area (Å²) in [7, 11) is 1.52. The highest BCUT2D eigenvalue weighted by Crippen LogP contribution is 2.31. The van der Waals surface area contributed by atoms with Crippen molar-refractivity contribution in [2.24, 2.45) is 5.92 Å². The highest BCUT2D eigenvalue weighted by Gasteiger charge is 2.14. The first-order chi connectivity index (χ1) is 17.4. The number of carboxylic acid groups (broad SMARTS) is 1. The topological polar surface area (TPSA) is 123 Å². The number of carbonyl (C=O) groups excluding carboxylic acids is 1. The van der Waals surface area contributed by atoms with Gasteiger partial charge in [0.2, 0.25) is 5.91 Å². The van der Waals surface area contributed by atoms with E-state index in [1.807, 2.05) is 42.5 Å². The van der Waals surface area contributed by atoms with E-state index in [9.17, 15) is 9.59 Å². The van der Waals surface area contributed by atoms with Crippen molar-refractivity contribution in [2.45, 2.75) is 19.8 Å². The molecule has 0 aliphatic carbocycles. The number of oxazole rings is 1. The van der Waals surface area contributed by atoms with E-state index in [1.54, 1.807) is 31.2 Å². The van der Waals surface area contributed by atoms with Crippen LogP contribution in [-0.4, -0.2) is 35.7 Å². The van der Waals surface area contributed by atoms with Crippen LogP contribution in [0.4, 0.5) is 17.4 Å². The van der Waals surface area contributed by atoms with Gasteiger partial charge in [-0.2, -0.15) is 4.98 Å². The summed E-state index contributed by atoms with van der Waals surface area (Å²) in [5.41, 5.74) is 3.44. The number of para-hydroxylation sites is 1. The van der Waals surface area contributed by atoms with Crippen LogP contribution in [0.25, 0.3) is 11.1 Å². The maximum atomic E-state index is 12.7. The van der Waals surface area contributed by atoms with Gasteiger partial charge in [-0.25, -0.2) is 0 Å². The molecule has 1 unspecified atom stereocenters. The van der Waals surface area contributed by atoms with Gasteiger partial charge in [0, 0.05) is 23.4 Å². The third kappa shape index (κ3) is 6.53. The fourth-order valence-corrected chi connectivity index (χ4v) is 3.62. The summed E-state index contributed by atoms with van der Waals surface area (Å²) in [6.45, 7) is 2.00. The van der Waals surface area contributed by atoms with Crippen molar-refractivity contribution >= 4 is 40.4 Å². The Hall–Kier alpha value is -4.53. The summed E-state index contributed by atoms with van der Waals surface area (Å²) < 4.78 is 16.9. The predicted octanol–water partition coefficient (Wildman–Crippen LogP) is 5.25. The number of ether oxygens (including phenoxy) is 2. The first-order valence-electron chi connectivity index (χ1n) is 11.4. The number of hydrogen-bond donors (Lipinski definition) is 3. The second-order valence-corrected chi connectivity index (χ2v) is 8.42. The molecule has 4 aromatic rings. The lowest BCUT2D eigenvalue weighted by Gasteiger charge is -2.15. The number of amides is 1. The number of carbonyl (C=O) groups is 2. The number of nitrogens with one attached hydrogen (secondary N) is 2. The average Bonchev–Trinajstić information content (AvgIpc) is 3.24. The molecule has 0 saturated carbocycles. The minimum atomic E-state index is -0.883. The zero-order chi connectivity index (χ0) is 25.5. The Morgan fingerprint density at radius 2 is 1.83 bits per heavy atom. The molecule has 1 aromatic heterocycles. The Morgan fingerprint density at radius 1 is 1.03 bits per heavy atom. The molecule has 1 amide bonds. The van der Waals surface area contributed by atoms with Crippen molar-refractivity contribution in [1.29, 1.82) is 0 Å². The second kappa shape index (κ2) is 11.3. The van der Waals surface area contributed by atoms with Crippen LogP contribution in [0.1, 0.15) is 18.9 Å². The fourth-order valence-electron chi connectivity index (χ4n) is 3.62. The van der Waals surface area contributed by atoms with Gasteiger partial charge in [-0.1, -0.05) is 31.2 Å². The first kappa shape index (κ1) is 24.6. The molecule has 1 atom stereocenters. The van der Waals surface area contributed by atoms with E-state index in [2.05, 4.69) is 15.6 Å². The molecule has 3 N–H and O–H groups in total. The largest absolute Gasteiger partial charge is 0.493 e. The summed E-state index contributed by atoms with van der Waals surface area (Å²) in [5, 5.41) is 14.9. The van der Waals surface area contributed by atoms with Crippen molar-refractivity contribution < 1.29 is 28.6 Å². The van der Waals surface area contributed by atoms with Gasteiger partial charge >= 0.3 is 5.97 Å². The predicted molar refractivity (Wildman–Crippen MR) is 136 cm³/mol. The maximum Gasteiger partial charge on any atom is 0.303 e. The zero-order valence-electron chi connectivity index (χ0n) is 20.0. The lowest BCUT2D eigenvalue weighted by molar-refractivity contribution is -0.138. The van der Waals surface area contributed by atoms with Crippen molar-refractivity contribution in [3.05, 3.63) is 72.3 Å². The number of anilines is 3. The van der Waals surface area contributed by atoms with Crippen LogP contribution in [0, 0.1) is 5.92 Å². The molecule has 0 saturated heterocycles. The molecule has 9 nitrogen and oxygen atoms in total. The Morgan fingerprint density at radius 3 is 2.58 bits per heavy atom. The summed E-state index contributed by atoms with van der Waals surface area (Å²) in [5.74, 6) is -0.363. The molecular formula is C27H27N3O6. The summed E-state index contributed by atoms with van der Waals surface area (Å²) in [6, 6.07) is 20.5. The highest BCUT2D eigenvalue weighted by molar-refractivity contribution is 5.93. The number of aliphatic carboxylic acids is 1. The van der Waals surface area contributed by atoms with E-state index in [0.717, 1.165) is 11.3 Å². The molecule has 186 valence electrons. The average molecular weight is 490 g/mol. The molecule has 4 rings (SSSR count). The molecule has 3 aromatic carbocycles. The van der Waals surface area contributed by atoms with Gasteiger partial charge in [-0.05, 0) is 42.0 Å². The van der Waals surface area contributed by atoms with Gasteiger partial charge in [0.1, 0.15) is 5.52 Å². The Labute approximate surface area is 208 Å². The maximum absolute atomic E-state index is 12.7. The minimum absolute atomic E-state index is 0.00190. The van der Waals surface area contributed by atoms with Gasteiger partial charge in [0.05, 0.1) is 26.6 Å². The summed E-state index contributed by atoms with van der Waals surface area (Å²) in [4.78, 5) is 28.0. The lowest BCUT2D eigenvalue weighted by atomic mass is 10.1. The zero-order valence-corrected chi connectivity index (χ0v) is 20.0. The van der Waals surface area contributed by atoms with Gasteiger partial charge in [0.15, 0.2) is 17.1 Å². The molecule has 0 aliphatic heterocycles. The van der Waals surface area contributed by atoms with E-state index < -0.39 is 5.97 Å². The number of aromatic nitrogens is 1. The SMILES string of the molecule is COc1ccc(NC(=O)Cc2ccc3nc(Nc4ccccc4)oc3c2)cc1OCC(C)CC(=O)O. The van der Waals surface area contributed by atoms with Gasteiger partial charge in [0.25, 0.3) is 6.01 Å². The highest BCUT2D eigenvalue weighted by atomic mass is 16.5. The standard InChI is InChI=1S/C27H27N3O6/c1-17(12-26(32)33)16-35-24-15-20(9-11-22(24)34-2)28-25(31)14-18-8-10-21-23(13-18)36-27(30-21)29-19-6-4-3-5-7-19/h3-11,13,15,17H,12,14,16H2,1-2H3,(H,28,31)(H,29,30)(H,32,33). The number of benzene rings is 3. The Kier molecular flexibility index (Phi) is 7.69. The number of carboxylic acids is 1. The van der Waals surface area contributed by atoms with E-state index in [1.165, 1.54) is 7.11 Å². The molecule has 0 bridgehead atoms. The van der Waals surface area contributed by atoms with Crippen molar-refractivity contribution in [3.8, 4) is 11.5 Å². The van der Waals surface area contributed by atoms with Gasteiger partial charge < -0.3 is 29.6 Å². The van der Waals surface area contributed by atoms with Crippen molar-refractivity contribution in [3.63, 3.8) is 0 Å². The quantitative estimate of drug-likeness (QED) is 0.261. The molecule has 9 heteroatoms. The van der Waals surface area contributed by atoms with Crippen molar-refractivity contribution in [1.82, 2.24) is 4.98 Å². The lowest BCUT2D eigenvalue weighted by Crippen LogP contribution is -2.15. The Balaban J connectivity index is 1.39. The third-order valence-corrected chi connectivity index (χ3v) is 5.34. The molecular weight excluding hydrogens is 462 g/mol. The van der Waals surface area contributed by atoms with Crippen LogP contribution in [0.3, 0.4) is 0 Å². The van der Waals surface area contributed by atoms with Crippen LogP contribution >= 0.6 is 0 Å². The molecule has 0 radical (unpaired) electrons. The summed E-state index contributed by atoms with van der Waals surface area (Å²) >= 11 is 0. The van der Waals surface area contributed by atoms with Crippen LogP contribution in [-0.2, 0) is 16.0 Å². The monoisotopic (exact) mass is 489 g/mol. The van der Waals surface area contributed by atoms with Gasteiger partial charge in [-0.3, -0.25) is 9.59 Å². The second-order valence-electron chi connectivity index (χ2n) is 8.42. The molecule has 1 heterocycles. The van der Waals surface area contributed by atoms with Crippen LogP contribution in [0.2, 0.25) is 0 Å². The molecule has 36 heavy (non-hydrogen) atoms. The Bertz CT molecular complexity index is 1350. The van der Waals surface area contributed by atoms with E-state index >= 15 is 0 Å². The normalized spacial score (nSPS) is 11.6.